The number of nitrogens with one attached hydrogen (secondary N) is 1. The molecular formula is C15H31NO3. The van der Waals surface area contributed by atoms with E-state index < -0.39 is 0 Å². The van der Waals surface area contributed by atoms with Crippen LogP contribution in [0.4, 0.5) is 0 Å². The van der Waals surface area contributed by atoms with Gasteiger partial charge in [0.1, 0.15) is 0 Å². The standard InChI is InChI=1S/C15H31NO3/c1-16-13-15(14-5-3-4-6-14)7-8-18-11-12-19-10-9-17-2/h14-16H,3-13H2,1-2H3. The fourth-order valence-electron chi connectivity index (χ4n) is 2.89. The zero-order valence-corrected chi connectivity index (χ0v) is 12.7. The molecule has 0 aromatic heterocycles. The maximum absolute atomic E-state index is 5.66. The monoisotopic (exact) mass is 273 g/mol. The average Bonchev–Trinajstić information content (AvgIpc) is 2.94. The minimum atomic E-state index is 0.657. The zero-order chi connectivity index (χ0) is 13.8. The minimum absolute atomic E-state index is 0.657. The van der Waals surface area contributed by atoms with Crippen LogP contribution in [0.25, 0.3) is 0 Å². The quantitative estimate of drug-likeness (QED) is 0.553. The Hall–Kier alpha value is -0.160. The predicted octanol–water partition coefficient (Wildman–Crippen LogP) is 2.08. The molecule has 1 fully saturated rings. The van der Waals surface area contributed by atoms with Crippen molar-refractivity contribution in [3.8, 4) is 0 Å². The first kappa shape index (κ1) is 16.9. The van der Waals surface area contributed by atoms with E-state index in [0.717, 1.165) is 25.0 Å². The van der Waals surface area contributed by atoms with Crippen LogP contribution in [0.1, 0.15) is 32.1 Å². The molecule has 1 saturated carbocycles. The van der Waals surface area contributed by atoms with Crippen LogP contribution < -0.4 is 5.32 Å². The molecule has 1 N–H and O–H groups in total. The third kappa shape index (κ3) is 7.88. The molecule has 4 heteroatoms. The summed E-state index contributed by atoms with van der Waals surface area (Å²) in [6.07, 6.45) is 6.82. The van der Waals surface area contributed by atoms with E-state index in [-0.39, 0.29) is 0 Å². The lowest BCUT2D eigenvalue weighted by Gasteiger charge is -2.23. The van der Waals surface area contributed by atoms with E-state index in [2.05, 4.69) is 5.32 Å². The van der Waals surface area contributed by atoms with Crippen LogP contribution in [0.3, 0.4) is 0 Å². The van der Waals surface area contributed by atoms with Crippen LogP contribution in [-0.2, 0) is 14.2 Å². The molecular weight excluding hydrogens is 242 g/mol. The number of methoxy groups -OCH3 is 1. The summed E-state index contributed by atoms with van der Waals surface area (Å²) >= 11 is 0. The molecule has 0 spiro atoms. The molecule has 0 aromatic carbocycles. The number of ether oxygens (including phenoxy) is 3. The summed E-state index contributed by atoms with van der Waals surface area (Å²) in [5.41, 5.74) is 0. The summed E-state index contributed by atoms with van der Waals surface area (Å²) in [4.78, 5) is 0. The molecule has 0 aromatic rings. The van der Waals surface area contributed by atoms with Crippen molar-refractivity contribution in [3.05, 3.63) is 0 Å². The Morgan fingerprint density at radius 2 is 1.63 bits per heavy atom. The Bertz CT molecular complexity index is 196. The molecule has 4 nitrogen and oxygen atoms in total. The first-order valence-electron chi connectivity index (χ1n) is 7.67. The van der Waals surface area contributed by atoms with Crippen LogP contribution in [0.2, 0.25) is 0 Å². The van der Waals surface area contributed by atoms with E-state index in [1.807, 2.05) is 7.05 Å². The van der Waals surface area contributed by atoms with E-state index in [1.165, 1.54) is 32.1 Å². The second-order valence-corrected chi connectivity index (χ2v) is 5.37. The van der Waals surface area contributed by atoms with Gasteiger partial charge in [-0.3, -0.25) is 0 Å². The second-order valence-electron chi connectivity index (χ2n) is 5.37. The van der Waals surface area contributed by atoms with Gasteiger partial charge >= 0.3 is 0 Å². The van der Waals surface area contributed by atoms with Crippen molar-refractivity contribution in [3.63, 3.8) is 0 Å². The topological polar surface area (TPSA) is 39.7 Å². The lowest BCUT2D eigenvalue weighted by atomic mass is 9.88. The van der Waals surface area contributed by atoms with Gasteiger partial charge in [0.2, 0.25) is 0 Å². The van der Waals surface area contributed by atoms with Gasteiger partial charge in [-0.05, 0) is 31.8 Å². The highest BCUT2D eigenvalue weighted by molar-refractivity contribution is 4.76. The molecule has 0 aliphatic heterocycles. The van der Waals surface area contributed by atoms with Gasteiger partial charge in [-0.25, -0.2) is 0 Å². The number of hydrogen-bond donors (Lipinski definition) is 1. The second kappa shape index (κ2) is 11.6. The van der Waals surface area contributed by atoms with Crippen molar-refractivity contribution in [2.45, 2.75) is 32.1 Å². The van der Waals surface area contributed by atoms with Crippen molar-refractivity contribution >= 4 is 0 Å². The molecule has 0 amide bonds. The van der Waals surface area contributed by atoms with Gasteiger partial charge in [0.15, 0.2) is 0 Å². The maximum Gasteiger partial charge on any atom is 0.0701 e. The van der Waals surface area contributed by atoms with Gasteiger partial charge in [-0.1, -0.05) is 25.7 Å². The highest BCUT2D eigenvalue weighted by Crippen LogP contribution is 2.32. The van der Waals surface area contributed by atoms with Gasteiger partial charge in [-0.15, -0.1) is 0 Å². The summed E-state index contributed by atoms with van der Waals surface area (Å²) in [5.74, 6) is 1.69. The highest BCUT2D eigenvalue weighted by Gasteiger charge is 2.23. The number of hydrogen-bond acceptors (Lipinski definition) is 4. The van der Waals surface area contributed by atoms with Gasteiger partial charge in [0.25, 0.3) is 0 Å². The van der Waals surface area contributed by atoms with Crippen molar-refractivity contribution in [1.29, 1.82) is 0 Å². The lowest BCUT2D eigenvalue weighted by molar-refractivity contribution is 0.0203. The van der Waals surface area contributed by atoms with Crippen LogP contribution in [0, 0.1) is 11.8 Å². The van der Waals surface area contributed by atoms with Crippen LogP contribution in [-0.4, -0.2) is 53.7 Å². The maximum atomic E-state index is 5.66. The Balaban J connectivity index is 1.98. The van der Waals surface area contributed by atoms with Gasteiger partial charge in [0.05, 0.1) is 26.4 Å². The average molecular weight is 273 g/mol. The van der Waals surface area contributed by atoms with Crippen molar-refractivity contribution in [2.75, 3.05) is 53.7 Å². The molecule has 0 radical (unpaired) electrons. The molecule has 0 bridgehead atoms. The molecule has 1 rings (SSSR count). The summed E-state index contributed by atoms with van der Waals surface area (Å²) in [6, 6.07) is 0. The third-order valence-electron chi connectivity index (χ3n) is 3.97. The Kier molecular flexibility index (Phi) is 10.4. The first-order chi connectivity index (χ1) is 9.38. The molecule has 1 atom stereocenters. The number of rotatable bonds is 12. The summed E-state index contributed by atoms with van der Waals surface area (Å²) < 4.78 is 15.9. The zero-order valence-electron chi connectivity index (χ0n) is 12.7. The first-order valence-corrected chi connectivity index (χ1v) is 7.67. The fraction of sp³-hybridized carbons (Fsp3) is 1.00. The largest absolute Gasteiger partial charge is 0.382 e. The Labute approximate surface area is 118 Å². The van der Waals surface area contributed by atoms with Crippen LogP contribution in [0.5, 0.6) is 0 Å². The van der Waals surface area contributed by atoms with E-state index in [9.17, 15) is 0 Å². The Morgan fingerprint density at radius 1 is 1.00 bits per heavy atom. The normalized spacial score (nSPS) is 18.0. The van der Waals surface area contributed by atoms with E-state index in [0.29, 0.717) is 26.4 Å². The van der Waals surface area contributed by atoms with Crippen LogP contribution in [0.15, 0.2) is 0 Å². The van der Waals surface area contributed by atoms with Crippen molar-refractivity contribution in [1.82, 2.24) is 5.32 Å². The molecule has 1 unspecified atom stereocenters. The van der Waals surface area contributed by atoms with E-state index >= 15 is 0 Å². The van der Waals surface area contributed by atoms with E-state index in [1.54, 1.807) is 7.11 Å². The molecule has 1 aliphatic rings. The van der Waals surface area contributed by atoms with Crippen molar-refractivity contribution in [2.24, 2.45) is 11.8 Å². The van der Waals surface area contributed by atoms with E-state index in [4.69, 9.17) is 14.2 Å². The SMILES string of the molecule is CNCC(CCOCCOCCOC)C1CCCC1. The fourth-order valence-corrected chi connectivity index (χ4v) is 2.89. The summed E-state index contributed by atoms with van der Waals surface area (Å²) in [5, 5.41) is 3.33. The Morgan fingerprint density at radius 3 is 2.26 bits per heavy atom. The smallest absolute Gasteiger partial charge is 0.0701 e. The van der Waals surface area contributed by atoms with Gasteiger partial charge in [-0.2, -0.15) is 0 Å². The molecule has 19 heavy (non-hydrogen) atoms. The van der Waals surface area contributed by atoms with Crippen LogP contribution >= 0.6 is 0 Å². The summed E-state index contributed by atoms with van der Waals surface area (Å²) in [7, 11) is 3.73. The molecule has 0 heterocycles. The predicted molar refractivity (Wildman–Crippen MR) is 77.5 cm³/mol. The molecule has 1 aliphatic carbocycles. The summed E-state index contributed by atoms with van der Waals surface area (Å²) in [6.45, 7) is 4.66. The third-order valence-corrected chi connectivity index (χ3v) is 3.97. The van der Waals surface area contributed by atoms with Crippen molar-refractivity contribution < 1.29 is 14.2 Å². The van der Waals surface area contributed by atoms with Gasteiger partial charge in [0, 0.05) is 13.7 Å². The molecule has 114 valence electrons. The lowest BCUT2D eigenvalue weighted by Crippen LogP contribution is -2.26. The van der Waals surface area contributed by atoms with Gasteiger partial charge < -0.3 is 19.5 Å². The minimum Gasteiger partial charge on any atom is -0.382 e. The molecule has 0 saturated heterocycles. The highest BCUT2D eigenvalue weighted by atomic mass is 16.5.